The third-order valence-electron chi connectivity index (χ3n) is 4.19. The van der Waals surface area contributed by atoms with Crippen molar-refractivity contribution in [2.75, 3.05) is 19.7 Å². The zero-order chi connectivity index (χ0) is 12.4. The zero-order valence-electron chi connectivity index (χ0n) is 11.2. The summed E-state index contributed by atoms with van der Waals surface area (Å²) in [7, 11) is 0. The molecule has 0 N–H and O–H groups in total. The van der Waals surface area contributed by atoms with Gasteiger partial charge in [0.15, 0.2) is 5.76 Å². The van der Waals surface area contributed by atoms with E-state index >= 15 is 0 Å². The zero-order valence-corrected chi connectivity index (χ0v) is 11.2. The summed E-state index contributed by atoms with van der Waals surface area (Å²) in [6, 6.07) is 2.08. The van der Waals surface area contributed by atoms with Gasteiger partial charge in [-0.25, -0.2) is 0 Å². The van der Waals surface area contributed by atoms with Gasteiger partial charge in [0.1, 0.15) is 0 Å². The molecule has 0 unspecified atom stereocenters. The molecule has 1 saturated carbocycles. The number of hydrogen-bond donors (Lipinski definition) is 0. The molecule has 1 aromatic heterocycles. The van der Waals surface area contributed by atoms with E-state index in [1.165, 1.54) is 25.7 Å². The van der Waals surface area contributed by atoms with E-state index in [9.17, 15) is 0 Å². The van der Waals surface area contributed by atoms with Gasteiger partial charge in [-0.2, -0.15) is 0 Å². The van der Waals surface area contributed by atoms with Crippen LogP contribution in [0, 0.1) is 0 Å². The van der Waals surface area contributed by atoms with Crippen molar-refractivity contribution in [2.45, 2.75) is 51.2 Å². The van der Waals surface area contributed by atoms with Crippen molar-refractivity contribution in [3.63, 3.8) is 0 Å². The number of aryl methyl sites for hydroxylation is 1. The smallest absolute Gasteiger partial charge is 0.150 e. The molecule has 2 fully saturated rings. The van der Waals surface area contributed by atoms with Gasteiger partial charge < -0.3 is 9.26 Å². The Kier molecular flexibility index (Phi) is 3.39. The Morgan fingerprint density at radius 3 is 2.94 bits per heavy atom. The monoisotopic (exact) mass is 250 g/mol. The molecule has 4 nitrogen and oxygen atoms in total. The van der Waals surface area contributed by atoms with Crippen LogP contribution in [-0.4, -0.2) is 35.4 Å². The molecule has 0 atom stereocenters. The minimum Gasteiger partial charge on any atom is -0.372 e. The Bertz CT molecular complexity index is 396. The first kappa shape index (κ1) is 12.2. The minimum atomic E-state index is 0.145. The van der Waals surface area contributed by atoms with E-state index in [1.54, 1.807) is 0 Å². The maximum Gasteiger partial charge on any atom is 0.150 e. The van der Waals surface area contributed by atoms with Crippen LogP contribution in [0.2, 0.25) is 0 Å². The quantitative estimate of drug-likeness (QED) is 0.825. The summed E-state index contributed by atoms with van der Waals surface area (Å²) in [6.45, 7) is 5.88. The van der Waals surface area contributed by atoms with E-state index in [4.69, 9.17) is 9.26 Å². The van der Waals surface area contributed by atoms with Crippen molar-refractivity contribution >= 4 is 0 Å². The van der Waals surface area contributed by atoms with Gasteiger partial charge in [0, 0.05) is 19.2 Å². The normalized spacial score (nSPS) is 23.8. The van der Waals surface area contributed by atoms with Crippen LogP contribution in [0.1, 0.15) is 44.1 Å². The molecule has 4 heteroatoms. The number of morpholine rings is 1. The predicted molar refractivity (Wildman–Crippen MR) is 68.3 cm³/mol. The van der Waals surface area contributed by atoms with Crippen molar-refractivity contribution in [3.8, 4) is 0 Å². The number of ether oxygens (including phenoxy) is 1. The molecule has 1 spiro atoms. The lowest BCUT2D eigenvalue weighted by molar-refractivity contribution is -0.108. The number of rotatable bonds is 3. The topological polar surface area (TPSA) is 38.5 Å². The van der Waals surface area contributed by atoms with E-state index < -0.39 is 0 Å². The van der Waals surface area contributed by atoms with Crippen molar-refractivity contribution in [3.05, 3.63) is 17.5 Å². The number of hydrogen-bond acceptors (Lipinski definition) is 4. The summed E-state index contributed by atoms with van der Waals surface area (Å²) in [5.74, 6) is 0.988. The molecule has 0 aromatic carbocycles. The van der Waals surface area contributed by atoms with Crippen molar-refractivity contribution in [1.29, 1.82) is 0 Å². The Morgan fingerprint density at radius 2 is 2.22 bits per heavy atom. The molecule has 1 aliphatic heterocycles. The van der Waals surface area contributed by atoms with E-state index in [-0.39, 0.29) is 5.60 Å². The number of aromatic nitrogens is 1. The van der Waals surface area contributed by atoms with E-state index in [0.29, 0.717) is 0 Å². The lowest BCUT2D eigenvalue weighted by Crippen LogP contribution is -2.49. The molecule has 0 bridgehead atoms. The summed E-state index contributed by atoms with van der Waals surface area (Å²) in [6.07, 6.45) is 6.02. The fourth-order valence-corrected chi connectivity index (χ4v) is 3.20. The second-order valence-corrected chi connectivity index (χ2v) is 5.59. The average Bonchev–Trinajstić information content (AvgIpc) is 2.99. The van der Waals surface area contributed by atoms with Gasteiger partial charge in [-0.15, -0.1) is 0 Å². The highest BCUT2D eigenvalue weighted by atomic mass is 16.5. The van der Waals surface area contributed by atoms with Gasteiger partial charge >= 0.3 is 0 Å². The van der Waals surface area contributed by atoms with Crippen molar-refractivity contribution < 1.29 is 9.26 Å². The third-order valence-corrected chi connectivity index (χ3v) is 4.19. The van der Waals surface area contributed by atoms with Crippen LogP contribution >= 0.6 is 0 Å². The molecular formula is C14H22N2O2. The first-order chi connectivity index (χ1) is 8.80. The molecule has 0 radical (unpaired) electrons. The van der Waals surface area contributed by atoms with E-state index in [2.05, 4.69) is 23.0 Å². The van der Waals surface area contributed by atoms with Crippen molar-refractivity contribution in [2.24, 2.45) is 0 Å². The summed E-state index contributed by atoms with van der Waals surface area (Å²) < 4.78 is 11.4. The Balaban J connectivity index is 1.62. The first-order valence-electron chi connectivity index (χ1n) is 7.10. The standard InChI is InChI=1S/C14H22N2O2/c1-2-12-9-13(18-15-12)10-16-7-8-17-14(11-16)5-3-4-6-14/h9H,2-8,10-11H2,1H3. The highest BCUT2D eigenvalue weighted by molar-refractivity contribution is 5.05. The average molecular weight is 250 g/mol. The summed E-state index contributed by atoms with van der Waals surface area (Å²) in [5, 5.41) is 4.06. The molecule has 1 saturated heterocycles. The van der Waals surface area contributed by atoms with Gasteiger partial charge in [-0.1, -0.05) is 24.9 Å². The SMILES string of the molecule is CCc1cc(CN2CCOC3(CCCC3)C2)on1. The van der Waals surface area contributed by atoms with E-state index in [1.807, 2.05) is 0 Å². The molecule has 1 aromatic rings. The Morgan fingerprint density at radius 1 is 1.39 bits per heavy atom. The molecule has 1 aliphatic carbocycles. The minimum absolute atomic E-state index is 0.145. The van der Waals surface area contributed by atoms with Gasteiger partial charge in [0.05, 0.1) is 24.4 Å². The highest BCUT2D eigenvalue weighted by Crippen LogP contribution is 2.36. The fraction of sp³-hybridized carbons (Fsp3) is 0.786. The maximum absolute atomic E-state index is 6.03. The van der Waals surface area contributed by atoms with Gasteiger partial charge in [0.2, 0.25) is 0 Å². The molecule has 2 aliphatic rings. The Labute approximate surface area is 108 Å². The molecule has 18 heavy (non-hydrogen) atoms. The van der Waals surface area contributed by atoms with Crippen LogP contribution in [0.5, 0.6) is 0 Å². The lowest BCUT2D eigenvalue weighted by Gasteiger charge is -2.40. The van der Waals surface area contributed by atoms with Crippen molar-refractivity contribution in [1.82, 2.24) is 10.1 Å². The first-order valence-corrected chi connectivity index (χ1v) is 7.10. The summed E-state index contributed by atoms with van der Waals surface area (Å²) in [4.78, 5) is 2.45. The van der Waals surface area contributed by atoms with Crippen LogP contribution in [0.15, 0.2) is 10.6 Å². The van der Waals surface area contributed by atoms with E-state index in [0.717, 1.165) is 44.1 Å². The van der Waals surface area contributed by atoms with Crippen LogP contribution in [0.3, 0.4) is 0 Å². The second kappa shape index (κ2) is 5.02. The fourth-order valence-electron chi connectivity index (χ4n) is 3.20. The number of nitrogens with zero attached hydrogens (tertiary/aromatic N) is 2. The molecule has 0 amide bonds. The van der Waals surface area contributed by atoms with Crippen LogP contribution in [0.25, 0.3) is 0 Å². The molecule has 100 valence electrons. The lowest BCUT2D eigenvalue weighted by atomic mass is 9.99. The third kappa shape index (κ3) is 2.45. The largest absolute Gasteiger partial charge is 0.372 e. The summed E-state index contributed by atoms with van der Waals surface area (Å²) in [5.41, 5.74) is 1.19. The van der Waals surface area contributed by atoms with Crippen LogP contribution in [-0.2, 0) is 17.7 Å². The molecule has 3 rings (SSSR count). The molecular weight excluding hydrogens is 228 g/mol. The highest BCUT2D eigenvalue weighted by Gasteiger charge is 2.39. The van der Waals surface area contributed by atoms with Crippen LogP contribution in [0.4, 0.5) is 0 Å². The predicted octanol–water partition coefficient (Wildman–Crippen LogP) is 2.38. The van der Waals surface area contributed by atoms with Gasteiger partial charge in [-0.3, -0.25) is 4.90 Å². The molecule has 2 heterocycles. The van der Waals surface area contributed by atoms with Gasteiger partial charge in [-0.05, 0) is 19.3 Å². The second-order valence-electron chi connectivity index (χ2n) is 5.59. The maximum atomic E-state index is 6.03. The Hall–Kier alpha value is -0.870. The summed E-state index contributed by atoms with van der Waals surface area (Å²) >= 11 is 0. The van der Waals surface area contributed by atoms with Gasteiger partial charge in [0.25, 0.3) is 0 Å². The van der Waals surface area contributed by atoms with Crippen LogP contribution < -0.4 is 0 Å².